The van der Waals surface area contributed by atoms with Crippen LogP contribution in [0.15, 0.2) is 47.7 Å². The molecule has 1 aromatic carbocycles. The number of rotatable bonds is 4. The van der Waals surface area contributed by atoms with Crippen LogP contribution in [0.25, 0.3) is 0 Å². The molecule has 1 aliphatic rings. The van der Waals surface area contributed by atoms with Crippen molar-refractivity contribution in [3.8, 4) is 5.75 Å². The number of hydrogen-bond donors (Lipinski definition) is 2. The first-order valence-corrected chi connectivity index (χ1v) is 7.25. The highest BCUT2D eigenvalue weighted by molar-refractivity contribution is 7.98. The van der Waals surface area contributed by atoms with Crippen LogP contribution >= 0.6 is 11.8 Å². The van der Waals surface area contributed by atoms with E-state index < -0.39 is 0 Å². The lowest BCUT2D eigenvalue weighted by Crippen LogP contribution is -2.06. The van der Waals surface area contributed by atoms with E-state index >= 15 is 0 Å². The fraction of sp³-hybridized carbons (Fsp3) is 0.333. The summed E-state index contributed by atoms with van der Waals surface area (Å²) in [7, 11) is 0. The average Bonchev–Trinajstić information content (AvgIpc) is 2.36. The number of aromatic hydroxyl groups is 1. The number of phenols is 1. The maximum Gasteiger partial charge on any atom is 0.115 e. The third kappa shape index (κ3) is 3.57. The van der Waals surface area contributed by atoms with Crippen LogP contribution in [0.4, 0.5) is 0 Å². The predicted molar refractivity (Wildman–Crippen MR) is 76.8 cm³/mol. The molecule has 1 unspecified atom stereocenters. The molecule has 1 atom stereocenters. The molecular formula is C15H18O2S. The highest BCUT2D eigenvalue weighted by atomic mass is 32.2. The van der Waals surface area contributed by atoms with Crippen LogP contribution in [0, 0.1) is 5.92 Å². The molecule has 1 aromatic rings. The van der Waals surface area contributed by atoms with Gasteiger partial charge in [-0.1, -0.05) is 30.7 Å². The third-order valence-electron chi connectivity index (χ3n) is 3.06. The Morgan fingerprint density at radius 1 is 1.11 bits per heavy atom. The number of thioether (sulfide) groups is 1. The third-order valence-corrected chi connectivity index (χ3v) is 4.17. The fourth-order valence-electron chi connectivity index (χ4n) is 1.93. The molecule has 0 heterocycles. The van der Waals surface area contributed by atoms with Gasteiger partial charge in [-0.25, -0.2) is 0 Å². The molecule has 96 valence electrons. The molecule has 3 heteroatoms. The second kappa shape index (κ2) is 6.01. The van der Waals surface area contributed by atoms with E-state index in [9.17, 15) is 10.2 Å². The maximum atomic E-state index is 9.51. The van der Waals surface area contributed by atoms with E-state index in [2.05, 4.69) is 0 Å². The summed E-state index contributed by atoms with van der Waals surface area (Å²) in [5, 5.41) is 18.7. The summed E-state index contributed by atoms with van der Waals surface area (Å²) in [5.74, 6) is 2.99. The van der Waals surface area contributed by atoms with Crippen molar-refractivity contribution in [2.24, 2.45) is 5.92 Å². The predicted octanol–water partition coefficient (Wildman–Crippen LogP) is 4.03. The molecule has 2 nitrogen and oxygen atoms in total. The summed E-state index contributed by atoms with van der Waals surface area (Å²) in [6.07, 6.45) is 4.79. The lowest BCUT2D eigenvalue weighted by atomic mass is 9.95. The van der Waals surface area contributed by atoms with Crippen LogP contribution in [0.5, 0.6) is 5.75 Å². The molecule has 1 aliphatic carbocycles. The molecule has 0 aliphatic heterocycles. The van der Waals surface area contributed by atoms with Crippen molar-refractivity contribution in [3.05, 3.63) is 53.3 Å². The summed E-state index contributed by atoms with van der Waals surface area (Å²) >= 11 is 1.86. The molecular weight excluding hydrogens is 244 g/mol. The number of allylic oxidation sites excluding steroid dienone is 3. The minimum atomic E-state index is 0.249. The van der Waals surface area contributed by atoms with E-state index in [4.69, 9.17) is 0 Å². The Hall–Kier alpha value is -1.35. The Balaban J connectivity index is 1.81. The van der Waals surface area contributed by atoms with Gasteiger partial charge in [0.2, 0.25) is 0 Å². The molecule has 18 heavy (non-hydrogen) atoms. The molecule has 0 spiro atoms. The summed E-state index contributed by atoms with van der Waals surface area (Å²) in [6, 6.07) is 7.34. The van der Waals surface area contributed by atoms with Gasteiger partial charge in [0.1, 0.15) is 5.75 Å². The molecule has 0 saturated heterocycles. The van der Waals surface area contributed by atoms with Crippen molar-refractivity contribution in [1.29, 1.82) is 0 Å². The van der Waals surface area contributed by atoms with Gasteiger partial charge in [0.15, 0.2) is 0 Å². The number of aliphatic hydroxyl groups excluding tert-OH is 1. The molecule has 2 rings (SSSR count). The van der Waals surface area contributed by atoms with Gasteiger partial charge in [-0.2, -0.15) is 11.8 Å². The van der Waals surface area contributed by atoms with Gasteiger partial charge in [-0.3, -0.25) is 0 Å². The SMILES string of the molecule is CC1CC(CSCc2ccc(O)cc2)=CC=C1O. The zero-order valence-electron chi connectivity index (χ0n) is 10.5. The first kappa shape index (κ1) is 13.1. The van der Waals surface area contributed by atoms with Gasteiger partial charge >= 0.3 is 0 Å². The number of aliphatic hydroxyl groups is 1. The van der Waals surface area contributed by atoms with E-state index in [0.29, 0.717) is 11.5 Å². The summed E-state index contributed by atoms with van der Waals surface area (Å²) in [4.78, 5) is 0. The van der Waals surface area contributed by atoms with Gasteiger partial charge in [0.25, 0.3) is 0 Å². The first-order valence-electron chi connectivity index (χ1n) is 6.09. The largest absolute Gasteiger partial charge is 0.512 e. The Labute approximate surface area is 112 Å². The van der Waals surface area contributed by atoms with E-state index in [1.54, 1.807) is 12.1 Å². The zero-order chi connectivity index (χ0) is 13.0. The van der Waals surface area contributed by atoms with Gasteiger partial charge < -0.3 is 10.2 Å². The van der Waals surface area contributed by atoms with E-state index in [1.165, 1.54) is 11.1 Å². The van der Waals surface area contributed by atoms with Crippen LogP contribution in [0.2, 0.25) is 0 Å². The molecule has 2 N–H and O–H groups in total. The van der Waals surface area contributed by atoms with Gasteiger partial charge in [0, 0.05) is 17.4 Å². The minimum Gasteiger partial charge on any atom is -0.512 e. The lowest BCUT2D eigenvalue weighted by molar-refractivity contribution is 0.336. The first-order chi connectivity index (χ1) is 8.65. The van der Waals surface area contributed by atoms with Crippen LogP contribution < -0.4 is 0 Å². The normalized spacial score (nSPS) is 19.3. The Bertz CT molecular complexity index is 460. The topological polar surface area (TPSA) is 40.5 Å². The van der Waals surface area contributed by atoms with Crippen molar-refractivity contribution >= 4 is 11.8 Å². The van der Waals surface area contributed by atoms with Crippen LogP contribution in [0.1, 0.15) is 18.9 Å². The number of phenolic OH excluding ortho intramolecular Hbond substituents is 1. The molecule has 0 bridgehead atoms. The Kier molecular flexibility index (Phi) is 4.37. The van der Waals surface area contributed by atoms with Crippen molar-refractivity contribution in [1.82, 2.24) is 0 Å². The fourth-order valence-corrected chi connectivity index (χ4v) is 2.94. The smallest absolute Gasteiger partial charge is 0.115 e. The second-order valence-electron chi connectivity index (χ2n) is 4.68. The molecule has 0 amide bonds. The van der Waals surface area contributed by atoms with Crippen molar-refractivity contribution in [3.63, 3.8) is 0 Å². The Morgan fingerprint density at radius 3 is 2.50 bits per heavy atom. The Morgan fingerprint density at radius 2 is 1.83 bits per heavy atom. The highest BCUT2D eigenvalue weighted by Crippen LogP contribution is 2.26. The summed E-state index contributed by atoms with van der Waals surface area (Å²) < 4.78 is 0. The number of hydrogen-bond acceptors (Lipinski definition) is 3. The van der Waals surface area contributed by atoms with Gasteiger partial charge in [-0.15, -0.1) is 0 Å². The zero-order valence-corrected chi connectivity index (χ0v) is 11.3. The molecule has 0 aromatic heterocycles. The second-order valence-corrected chi connectivity index (χ2v) is 5.67. The monoisotopic (exact) mass is 262 g/mol. The summed E-state index contributed by atoms with van der Waals surface area (Å²) in [5.41, 5.74) is 2.60. The maximum absolute atomic E-state index is 9.51. The average molecular weight is 262 g/mol. The quantitative estimate of drug-likeness (QED) is 0.860. The van der Waals surface area contributed by atoms with E-state index in [-0.39, 0.29) is 5.92 Å². The van der Waals surface area contributed by atoms with E-state index in [0.717, 1.165) is 17.9 Å². The van der Waals surface area contributed by atoms with Gasteiger partial charge in [-0.05, 0) is 30.2 Å². The van der Waals surface area contributed by atoms with Crippen LogP contribution in [-0.4, -0.2) is 16.0 Å². The van der Waals surface area contributed by atoms with Crippen LogP contribution in [0.3, 0.4) is 0 Å². The van der Waals surface area contributed by atoms with Crippen molar-refractivity contribution in [2.75, 3.05) is 5.75 Å². The molecule has 0 fully saturated rings. The standard InChI is InChI=1S/C15H18O2S/c1-11-8-13(4-7-15(11)17)10-18-9-12-2-5-14(16)6-3-12/h2-7,11,16-17H,8-10H2,1H3. The highest BCUT2D eigenvalue weighted by Gasteiger charge is 2.13. The molecule has 0 radical (unpaired) electrons. The molecule has 0 saturated carbocycles. The van der Waals surface area contributed by atoms with Crippen LogP contribution in [-0.2, 0) is 5.75 Å². The summed E-state index contributed by atoms with van der Waals surface area (Å²) in [6.45, 7) is 2.05. The van der Waals surface area contributed by atoms with Crippen molar-refractivity contribution in [2.45, 2.75) is 19.1 Å². The van der Waals surface area contributed by atoms with E-state index in [1.807, 2.05) is 43.0 Å². The van der Waals surface area contributed by atoms with Gasteiger partial charge in [0.05, 0.1) is 5.76 Å². The van der Waals surface area contributed by atoms with Crippen molar-refractivity contribution < 1.29 is 10.2 Å². The minimum absolute atomic E-state index is 0.249. The lowest BCUT2D eigenvalue weighted by Gasteiger charge is -2.17. The number of benzene rings is 1.